The van der Waals surface area contributed by atoms with E-state index in [-0.39, 0.29) is 0 Å². The summed E-state index contributed by atoms with van der Waals surface area (Å²) in [5.41, 5.74) is 13.2. The van der Waals surface area contributed by atoms with E-state index in [4.69, 9.17) is 19.4 Å². The molecular formula is C55H35N3O. The first kappa shape index (κ1) is 34.3. The van der Waals surface area contributed by atoms with E-state index in [2.05, 4.69) is 176 Å². The van der Waals surface area contributed by atoms with E-state index in [9.17, 15) is 0 Å². The lowest BCUT2D eigenvalue weighted by atomic mass is 9.92. The van der Waals surface area contributed by atoms with E-state index in [1.165, 1.54) is 5.56 Å². The molecule has 0 bridgehead atoms. The van der Waals surface area contributed by atoms with Crippen molar-refractivity contribution in [1.82, 2.24) is 15.0 Å². The SMILES string of the molecule is c1ccc(-c2cccc(-c3cccc(-c4nc(-c5c(-c6cccc(-c7ccccc7)c6)ccc6ccccc56)nc(-c5cccc6c5oc5ccccc56)n4)c3)c2)cc1. The predicted octanol–water partition coefficient (Wildman–Crippen LogP) is 14.6. The maximum atomic E-state index is 6.57. The molecule has 0 aliphatic rings. The van der Waals surface area contributed by atoms with Gasteiger partial charge in [-0.25, -0.2) is 15.0 Å². The van der Waals surface area contributed by atoms with Gasteiger partial charge in [-0.1, -0.05) is 182 Å². The maximum Gasteiger partial charge on any atom is 0.167 e. The van der Waals surface area contributed by atoms with Gasteiger partial charge in [0, 0.05) is 21.9 Å². The van der Waals surface area contributed by atoms with E-state index >= 15 is 0 Å². The molecule has 0 unspecified atom stereocenters. The highest BCUT2D eigenvalue weighted by Crippen LogP contribution is 2.41. The average molecular weight is 754 g/mol. The summed E-state index contributed by atoms with van der Waals surface area (Å²) in [6.07, 6.45) is 0. The zero-order valence-electron chi connectivity index (χ0n) is 32.0. The van der Waals surface area contributed by atoms with Crippen LogP contribution in [0.5, 0.6) is 0 Å². The molecule has 0 radical (unpaired) electrons. The predicted molar refractivity (Wildman–Crippen MR) is 243 cm³/mol. The number of hydrogen-bond acceptors (Lipinski definition) is 4. The third-order valence-electron chi connectivity index (χ3n) is 11.1. The van der Waals surface area contributed by atoms with Gasteiger partial charge in [0.15, 0.2) is 17.5 Å². The van der Waals surface area contributed by atoms with Crippen molar-refractivity contribution in [3.05, 3.63) is 212 Å². The van der Waals surface area contributed by atoms with Crippen molar-refractivity contribution in [1.29, 1.82) is 0 Å². The Morgan fingerprint density at radius 2 is 0.780 bits per heavy atom. The van der Waals surface area contributed by atoms with Crippen molar-refractivity contribution in [3.63, 3.8) is 0 Å². The zero-order valence-corrected chi connectivity index (χ0v) is 32.0. The summed E-state index contributed by atoms with van der Waals surface area (Å²) in [6, 6.07) is 74.1. The third kappa shape index (κ3) is 6.34. The second-order valence-corrected chi connectivity index (χ2v) is 14.8. The van der Waals surface area contributed by atoms with Gasteiger partial charge in [-0.05, 0) is 85.6 Å². The third-order valence-corrected chi connectivity index (χ3v) is 11.1. The number of furan rings is 1. The van der Waals surface area contributed by atoms with E-state index in [0.29, 0.717) is 17.5 Å². The summed E-state index contributed by atoms with van der Waals surface area (Å²) in [4.78, 5) is 16.0. The van der Waals surface area contributed by atoms with Gasteiger partial charge >= 0.3 is 0 Å². The lowest BCUT2D eigenvalue weighted by Gasteiger charge is -2.16. The van der Waals surface area contributed by atoms with Gasteiger partial charge < -0.3 is 4.42 Å². The first-order valence-electron chi connectivity index (χ1n) is 19.8. The molecule has 0 N–H and O–H groups in total. The van der Waals surface area contributed by atoms with Crippen LogP contribution in [0.1, 0.15) is 0 Å². The molecule has 276 valence electrons. The van der Waals surface area contributed by atoms with Gasteiger partial charge in [0.25, 0.3) is 0 Å². The summed E-state index contributed by atoms with van der Waals surface area (Å²) in [5, 5.41) is 4.24. The molecule has 11 rings (SSSR count). The Bertz CT molecular complexity index is 3330. The first-order chi connectivity index (χ1) is 29.2. The molecule has 59 heavy (non-hydrogen) atoms. The van der Waals surface area contributed by atoms with Crippen LogP contribution in [0, 0.1) is 0 Å². The number of aromatic nitrogens is 3. The zero-order chi connectivity index (χ0) is 39.1. The molecule has 2 aromatic heterocycles. The lowest BCUT2D eigenvalue weighted by molar-refractivity contribution is 0.669. The number of benzene rings is 9. The van der Waals surface area contributed by atoms with Gasteiger partial charge in [-0.15, -0.1) is 0 Å². The van der Waals surface area contributed by atoms with Crippen molar-refractivity contribution in [3.8, 4) is 78.7 Å². The molecule has 0 fully saturated rings. The topological polar surface area (TPSA) is 51.8 Å². The van der Waals surface area contributed by atoms with Crippen LogP contribution >= 0.6 is 0 Å². The normalized spacial score (nSPS) is 11.4. The molecule has 0 saturated carbocycles. The molecular weight excluding hydrogens is 719 g/mol. The smallest absolute Gasteiger partial charge is 0.167 e. The van der Waals surface area contributed by atoms with Crippen LogP contribution in [-0.2, 0) is 0 Å². The van der Waals surface area contributed by atoms with Crippen molar-refractivity contribution in [2.24, 2.45) is 0 Å². The Balaban J connectivity index is 1.14. The highest BCUT2D eigenvalue weighted by Gasteiger charge is 2.21. The lowest BCUT2D eigenvalue weighted by Crippen LogP contribution is -2.02. The Kier molecular flexibility index (Phi) is 8.45. The van der Waals surface area contributed by atoms with Crippen LogP contribution in [0.3, 0.4) is 0 Å². The van der Waals surface area contributed by atoms with Crippen LogP contribution in [0.25, 0.3) is 111 Å². The summed E-state index contributed by atoms with van der Waals surface area (Å²) in [5.74, 6) is 1.71. The summed E-state index contributed by atoms with van der Waals surface area (Å²) >= 11 is 0. The summed E-state index contributed by atoms with van der Waals surface area (Å²) in [7, 11) is 0. The van der Waals surface area contributed by atoms with Gasteiger partial charge in [-0.2, -0.15) is 0 Å². The minimum atomic E-state index is 0.544. The summed E-state index contributed by atoms with van der Waals surface area (Å²) in [6.45, 7) is 0. The van der Waals surface area contributed by atoms with Crippen LogP contribution in [0.15, 0.2) is 217 Å². The average Bonchev–Trinajstić information content (AvgIpc) is 3.71. The number of para-hydroxylation sites is 2. The van der Waals surface area contributed by atoms with E-state index in [0.717, 1.165) is 88.3 Å². The fraction of sp³-hybridized carbons (Fsp3) is 0. The second-order valence-electron chi connectivity index (χ2n) is 14.8. The van der Waals surface area contributed by atoms with Crippen LogP contribution < -0.4 is 0 Å². The Morgan fingerprint density at radius 3 is 1.51 bits per heavy atom. The monoisotopic (exact) mass is 753 g/mol. The first-order valence-corrected chi connectivity index (χ1v) is 19.8. The number of rotatable bonds is 7. The van der Waals surface area contributed by atoms with Gasteiger partial charge in [0.05, 0.1) is 5.56 Å². The fourth-order valence-electron chi connectivity index (χ4n) is 8.26. The van der Waals surface area contributed by atoms with Gasteiger partial charge in [0.1, 0.15) is 11.2 Å². The van der Waals surface area contributed by atoms with Crippen LogP contribution in [0.2, 0.25) is 0 Å². The standard InChI is InChI=1S/C55H35N3O/c1-3-15-36(16-4-1)39-20-11-22-41(33-39)42-23-13-25-44(35-42)53-56-54(49-29-14-28-48-47-27-9-10-30-50(47)59-52(48)49)58-55(57-53)51-45-26-8-7-19-38(45)31-32-46(51)43-24-12-21-40(34-43)37-17-5-2-6-18-37/h1-35H. The molecule has 0 amide bonds. The molecule has 9 aromatic carbocycles. The van der Waals surface area contributed by atoms with Crippen molar-refractivity contribution >= 4 is 32.7 Å². The van der Waals surface area contributed by atoms with E-state index < -0.39 is 0 Å². The molecule has 0 atom stereocenters. The maximum absolute atomic E-state index is 6.57. The second kappa shape index (κ2) is 14.5. The number of hydrogen-bond donors (Lipinski definition) is 0. The van der Waals surface area contributed by atoms with Crippen molar-refractivity contribution in [2.75, 3.05) is 0 Å². The highest BCUT2D eigenvalue weighted by atomic mass is 16.3. The Hall–Kier alpha value is -7.95. The molecule has 0 saturated heterocycles. The minimum Gasteiger partial charge on any atom is -0.455 e. The molecule has 2 heterocycles. The fourth-order valence-corrected chi connectivity index (χ4v) is 8.26. The van der Waals surface area contributed by atoms with Crippen LogP contribution in [0.4, 0.5) is 0 Å². The van der Waals surface area contributed by atoms with Crippen LogP contribution in [-0.4, -0.2) is 15.0 Å². The molecule has 11 aromatic rings. The Labute approximate surface area is 341 Å². The van der Waals surface area contributed by atoms with E-state index in [1.807, 2.05) is 36.4 Å². The minimum absolute atomic E-state index is 0.544. The van der Waals surface area contributed by atoms with Crippen molar-refractivity contribution < 1.29 is 4.42 Å². The molecule has 0 spiro atoms. The molecule has 0 aliphatic heterocycles. The largest absolute Gasteiger partial charge is 0.455 e. The number of fused-ring (bicyclic) bond motifs is 4. The molecule has 4 nitrogen and oxygen atoms in total. The van der Waals surface area contributed by atoms with Gasteiger partial charge in [0.2, 0.25) is 0 Å². The molecule has 0 aliphatic carbocycles. The Morgan fingerprint density at radius 1 is 0.288 bits per heavy atom. The summed E-state index contributed by atoms with van der Waals surface area (Å²) < 4.78 is 6.57. The van der Waals surface area contributed by atoms with E-state index in [1.54, 1.807) is 0 Å². The van der Waals surface area contributed by atoms with Crippen molar-refractivity contribution in [2.45, 2.75) is 0 Å². The molecule has 4 heteroatoms. The quantitative estimate of drug-likeness (QED) is 0.163. The highest BCUT2D eigenvalue weighted by molar-refractivity contribution is 6.09. The van der Waals surface area contributed by atoms with Gasteiger partial charge in [-0.3, -0.25) is 0 Å². The number of nitrogens with zero attached hydrogens (tertiary/aromatic N) is 3.